The summed E-state index contributed by atoms with van der Waals surface area (Å²) < 4.78 is 0. The van der Waals surface area contributed by atoms with Gasteiger partial charge in [-0.3, -0.25) is 9.88 Å². The third-order valence-electron chi connectivity index (χ3n) is 5.48. The Morgan fingerprint density at radius 3 is 2.67 bits per heavy atom. The van der Waals surface area contributed by atoms with Gasteiger partial charge < -0.3 is 5.73 Å². The molecule has 0 amide bonds. The van der Waals surface area contributed by atoms with E-state index in [1.165, 1.54) is 48.7 Å². The van der Waals surface area contributed by atoms with Gasteiger partial charge in [-0.1, -0.05) is 30.7 Å². The molecule has 0 bridgehead atoms. The summed E-state index contributed by atoms with van der Waals surface area (Å²) in [5.41, 5.74) is 7.46. The molecule has 2 fully saturated rings. The first kappa shape index (κ1) is 13.2. The molecule has 110 valence electrons. The fourth-order valence-electron chi connectivity index (χ4n) is 4.40. The molecule has 2 heterocycles. The minimum atomic E-state index is 0.314. The molecule has 0 radical (unpaired) electrons. The molecule has 3 nitrogen and oxygen atoms in total. The lowest BCUT2D eigenvalue weighted by molar-refractivity contribution is 0.233. The van der Waals surface area contributed by atoms with Crippen LogP contribution in [0.5, 0.6) is 0 Å². The van der Waals surface area contributed by atoms with Gasteiger partial charge in [0.2, 0.25) is 0 Å². The van der Waals surface area contributed by atoms with E-state index in [1.54, 1.807) is 0 Å². The molecule has 1 saturated heterocycles. The van der Waals surface area contributed by atoms with Gasteiger partial charge in [0.05, 0.1) is 0 Å². The number of benzene rings is 1. The van der Waals surface area contributed by atoms with Crippen LogP contribution in [0.25, 0.3) is 10.8 Å². The number of aromatic nitrogens is 1. The van der Waals surface area contributed by atoms with Crippen LogP contribution in [-0.4, -0.2) is 29.5 Å². The first-order valence-corrected chi connectivity index (χ1v) is 8.13. The molecule has 1 aliphatic heterocycles. The van der Waals surface area contributed by atoms with Crippen molar-refractivity contribution in [2.75, 3.05) is 19.6 Å². The summed E-state index contributed by atoms with van der Waals surface area (Å²) in [5.74, 6) is 1.81. The predicted molar refractivity (Wildman–Crippen MR) is 85.9 cm³/mol. The Kier molecular flexibility index (Phi) is 3.40. The maximum atomic E-state index is 6.16. The number of hydrogen-bond acceptors (Lipinski definition) is 3. The molecule has 4 rings (SSSR count). The zero-order chi connectivity index (χ0) is 14.2. The summed E-state index contributed by atoms with van der Waals surface area (Å²) in [4.78, 5) is 7.05. The van der Waals surface area contributed by atoms with Crippen LogP contribution in [0.15, 0.2) is 36.7 Å². The number of nitrogens with two attached hydrogens (primary N) is 1. The zero-order valence-corrected chi connectivity index (χ0v) is 12.4. The van der Waals surface area contributed by atoms with Crippen molar-refractivity contribution < 1.29 is 0 Å². The number of pyridine rings is 1. The Hall–Kier alpha value is -1.45. The third-order valence-corrected chi connectivity index (χ3v) is 5.48. The summed E-state index contributed by atoms with van der Waals surface area (Å²) in [6.07, 6.45) is 8.21. The van der Waals surface area contributed by atoms with Crippen LogP contribution in [0.2, 0.25) is 0 Å². The third kappa shape index (κ3) is 2.25. The minimum absolute atomic E-state index is 0.314. The summed E-state index contributed by atoms with van der Waals surface area (Å²) in [6, 6.07) is 8.84. The van der Waals surface area contributed by atoms with Crippen molar-refractivity contribution in [1.29, 1.82) is 0 Å². The van der Waals surface area contributed by atoms with Crippen LogP contribution < -0.4 is 5.73 Å². The Morgan fingerprint density at radius 1 is 1.14 bits per heavy atom. The van der Waals surface area contributed by atoms with Gasteiger partial charge in [0.1, 0.15) is 0 Å². The molecule has 3 heteroatoms. The first-order chi connectivity index (χ1) is 10.4. The van der Waals surface area contributed by atoms with Crippen LogP contribution in [0, 0.1) is 11.8 Å². The smallest absolute Gasteiger partial charge is 0.0492 e. The van der Waals surface area contributed by atoms with Crippen molar-refractivity contribution in [2.45, 2.75) is 25.3 Å². The molecule has 1 aromatic heterocycles. The molecule has 1 saturated carbocycles. The van der Waals surface area contributed by atoms with E-state index in [0.717, 1.165) is 11.8 Å². The maximum Gasteiger partial charge on any atom is 0.0492 e. The van der Waals surface area contributed by atoms with Gasteiger partial charge in [0.15, 0.2) is 0 Å². The van der Waals surface area contributed by atoms with Crippen molar-refractivity contribution in [1.82, 2.24) is 9.88 Å². The van der Waals surface area contributed by atoms with Crippen LogP contribution in [0.4, 0.5) is 0 Å². The standard InChI is InChI=1S/C18H23N3/c19-8-18(21-11-14-5-3-6-15(14)12-21)17-10-20-9-13-4-1-2-7-16(13)17/h1-2,4,7,9-10,14-15,18H,3,5-6,8,11-12,19H2. The van der Waals surface area contributed by atoms with E-state index < -0.39 is 0 Å². The van der Waals surface area contributed by atoms with Gasteiger partial charge in [-0.05, 0) is 35.6 Å². The molecule has 21 heavy (non-hydrogen) atoms. The van der Waals surface area contributed by atoms with Crippen LogP contribution in [-0.2, 0) is 0 Å². The SMILES string of the molecule is NCC(c1cncc2ccccc12)N1CC2CCCC2C1. The van der Waals surface area contributed by atoms with Gasteiger partial charge in [0.25, 0.3) is 0 Å². The van der Waals surface area contributed by atoms with Crippen molar-refractivity contribution in [3.05, 3.63) is 42.2 Å². The normalized spacial score (nSPS) is 27.1. The van der Waals surface area contributed by atoms with E-state index in [2.05, 4.69) is 34.1 Å². The van der Waals surface area contributed by atoms with Gasteiger partial charge >= 0.3 is 0 Å². The van der Waals surface area contributed by atoms with Crippen LogP contribution in [0.1, 0.15) is 30.9 Å². The van der Waals surface area contributed by atoms with Crippen LogP contribution in [0.3, 0.4) is 0 Å². The fraction of sp³-hybridized carbons (Fsp3) is 0.500. The molecule has 3 atom stereocenters. The lowest BCUT2D eigenvalue weighted by Gasteiger charge is -2.28. The van der Waals surface area contributed by atoms with E-state index in [4.69, 9.17) is 5.73 Å². The average Bonchev–Trinajstić information content (AvgIpc) is 3.10. The topological polar surface area (TPSA) is 42.1 Å². The Bertz CT molecular complexity index is 622. The Labute approximate surface area is 126 Å². The summed E-state index contributed by atoms with van der Waals surface area (Å²) >= 11 is 0. The van der Waals surface area contributed by atoms with Crippen molar-refractivity contribution in [3.63, 3.8) is 0 Å². The second-order valence-electron chi connectivity index (χ2n) is 6.61. The molecule has 2 aromatic rings. The van der Waals surface area contributed by atoms with Gasteiger partial charge in [-0.25, -0.2) is 0 Å². The summed E-state index contributed by atoms with van der Waals surface area (Å²) in [7, 11) is 0. The average molecular weight is 281 g/mol. The number of rotatable bonds is 3. The van der Waals surface area contributed by atoms with Crippen LogP contribution >= 0.6 is 0 Å². The van der Waals surface area contributed by atoms with Gasteiger partial charge in [-0.2, -0.15) is 0 Å². The highest BCUT2D eigenvalue weighted by molar-refractivity contribution is 5.85. The van der Waals surface area contributed by atoms with E-state index in [9.17, 15) is 0 Å². The van der Waals surface area contributed by atoms with Crippen molar-refractivity contribution in [2.24, 2.45) is 17.6 Å². The largest absolute Gasteiger partial charge is 0.329 e. The van der Waals surface area contributed by atoms with E-state index in [0.29, 0.717) is 12.6 Å². The number of hydrogen-bond donors (Lipinski definition) is 1. The van der Waals surface area contributed by atoms with E-state index in [1.807, 2.05) is 12.4 Å². The first-order valence-electron chi connectivity index (χ1n) is 8.13. The van der Waals surface area contributed by atoms with Gasteiger partial charge in [-0.15, -0.1) is 0 Å². The maximum absolute atomic E-state index is 6.16. The highest BCUT2D eigenvalue weighted by Gasteiger charge is 2.38. The molecule has 2 aliphatic rings. The summed E-state index contributed by atoms with van der Waals surface area (Å²) in [6.45, 7) is 3.11. The molecule has 3 unspecified atom stereocenters. The number of likely N-dealkylation sites (tertiary alicyclic amines) is 1. The highest BCUT2D eigenvalue weighted by atomic mass is 15.2. The van der Waals surface area contributed by atoms with E-state index in [-0.39, 0.29) is 0 Å². The Morgan fingerprint density at radius 2 is 1.90 bits per heavy atom. The lowest BCUT2D eigenvalue weighted by atomic mass is 10.0. The summed E-state index contributed by atoms with van der Waals surface area (Å²) in [5, 5.41) is 2.52. The molecular weight excluding hydrogens is 258 g/mol. The van der Waals surface area contributed by atoms with E-state index >= 15 is 0 Å². The lowest BCUT2D eigenvalue weighted by Crippen LogP contribution is -2.33. The monoisotopic (exact) mass is 281 g/mol. The second kappa shape index (κ2) is 5.39. The predicted octanol–water partition coefficient (Wildman–Crippen LogP) is 2.97. The molecule has 0 spiro atoms. The molecule has 1 aromatic carbocycles. The van der Waals surface area contributed by atoms with Crippen molar-refractivity contribution >= 4 is 10.8 Å². The number of nitrogens with zero attached hydrogens (tertiary/aromatic N) is 2. The fourth-order valence-corrected chi connectivity index (χ4v) is 4.40. The molecular formula is C18H23N3. The molecule has 1 aliphatic carbocycles. The quantitative estimate of drug-likeness (QED) is 0.940. The van der Waals surface area contributed by atoms with Crippen molar-refractivity contribution in [3.8, 4) is 0 Å². The Balaban J connectivity index is 1.69. The highest BCUT2D eigenvalue weighted by Crippen LogP contribution is 2.41. The zero-order valence-electron chi connectivity index (χ0n) is 12.4. The number of fused-ring (bicyclic) bond motifs is 2. The molecule has 2 N–H and O–H groups in total. The minimum Gasteiger partial charge on any atom is -0.329 e. The van der Waals surface area contributed by atoms with Gasteiger partial charge in [0, 0.05) is 43.5 Å². The second-order valence-corrected chi connectivity index (χ2v) is 6.61.